The van der Waals surface area contributed by atoms with Crippen molar-refractivity contribution >= 4 is 0 Å². The molecule has 0 amide bonds. The van der Waals surface area contributed by atoms with E-state index in [1.165, 1.54) is 45.4 Å². The molecule has 1 N–H and O–H groups in total. The summed E-state index contributed by atoms with van der Waals surface area (Å²) in [5.74, 6) is 0.792. The summed E-state index contributed by atoms with van der Waals surface area (Å²) in [5.41, 5.74) is 0. The molecule has 2 heterocycles. The molecule has 2 rings (SSSR count). The van der Waals surface area contributed by atoms with E-state index in [4.69, 9.17) is 4.74 Å². The molecule has 0 bridgehead atoms. The fourth-order valence-corrected chi connectivity index (χ4v) is 2.79. The van der Waals surface area contributed by atoms with E-state index in [2.05, 4.69) is 17.1 Å². The van der Waals surface area contributed by atoms with Gasteiger partial charge >= 0.3 is 0 Å². The second-order valence-electron chi connectivity index (χ2n) is 4.79. The van der Waals surface area contributed by atoms with Crippen LogP contribution in [0.3, 0.4) is 0 Å². The summed E-state index contributed by atoms with van der Waals surface area (Å²) >= 11 is 0. The van der Waals surface area contributed by atoms with Gasteiger partial charge in [0.1, 0.15) is 0 Å². The van der Waals surface area contributed by atoms with E-state index in [0.717, 1.165) is 25.2 Å². The largest absolute Gasteiger partial charge is 0.381 e. The van der Waals surface area contributed by atoms with E-state index in [1.54, 1.807) is 0 Å². The van der Waals surface area contributed by atoms with E-state index in [0.29, 0.717) is 0 Å². The topological polar surface area (TPSA) is 24.5 Å². The number of rotatable bonds is 4. The molecule has 0 unspecified atom stereocenters. The molecule has 0 aromatic rings. The Kier molecular flexibility index (Phi) is 4.42. The average molecular weight is 212 g/mol. The first-order valence-electron chi connectivity index (χ1n) is 6.42. The van der Waals surface area contributed by atoms with Gasteiger partial charge in [-0.25, -0.2) is 0 Å². The van der Waals surface area contributed by atoms with Crippen molar-refractivity contribution in [2.45, 2.75) is 32.2 Å². The summed E-state index contributed by atoms with van der Waals surface area (Å²) in [7, 11) is 0. The Balaban J connectivity index is 1.71. The molecule has 0 saturated carbocycles. The number of nitrogens with zero attached hydrogens (tertiary/aromatic N) is 1. The Hall–Kier alpha value is -0.120. The molecular formula is C12H24N2O. The van der Waals surface area contributed by atoms with Gasteiger partial charge in [-0.2, -0.15) is 0 Å². The van der Waals surface area contributed by atoms with Crippen LogP contribution in [0, 0.1) is 5.92 Å². The number of hydrogen-bond donors (Lipinski definition) is 1. The van der Waals surface area contributed by atoms with Crippen LogP contribution in [0.2, 0.25) is 0 Å². The zero-order valence-corrected chi connectivity index (χ0v) is 9.87. The fraction of sp³-hybridized carbons (Fsp3) is 1.00. The maximum absolute atomic E-state index is 5.51. The molecule has 3 nitrogen and oxygen atoms in total. The van der Waals surface area contributed by atoms with Crippen LogP contribution in [0.25, 0.3) is 0 Å². The van der Waals surface area contributed by atoms with Gasteiger partial charge in [0.25, 0.3) is 0 Å². The Bertz CT molecular complexity index is 180. The predicted octanol–water partition coefficient (Wildman–Crippen LogP) is 1.10. The maximum Gasteiger partial charge on any atom is 0.0506 e. The van der Waals surface area contributed by atoms with Gasteiger partial charge in [-0.3, -0.25) is 4.90 Å². The van der Waals surface area contributed by atoms with Crippen LogP contribution < -0.4 is 5.32 Å². The summed E-state index contributed by atoms with van der Waals surface area (Å²) in [4.78, 5) is 2.69. The molecular weight excluding hydrogens is 188 g/mol. The first-order valence-corrected chi connectivity index (χ1v) is 6.42. The SMILES string of the molecule is CCOC[C@@H]1CCN(C2CCNCC2)C1. The van der Waals surface area contributed by atoms with Crippen LogP contribution in [0.4, 0.5) is 0 Å². The summed E-state index contributed by atoms with van der Waals surface area (Å²) in [6.07, 6.45) is 4.01. The second kappa shape index (κ2) is 5.83. The van der Waals surface area contributed by atoms with Crippen LogP contribution in [0.1, 0.15) is 26.2 Å². The number of hydrogen-bond acceptors (Lipinski definition) is 3. The van der Waals surface area contributed by atoms with Crippen molar-refractivity contribution < 1.29 is 4.74 Å². The third-order valence-electron chi connectivity index (χ3n) is 3.70. The highest BCUT2D eigenvalue weighted by Crippen LogP contribution is 2.22. The van der Waals surface area contributed by atoms with E-state index >= 15 is 0 Å². The van der Waals surface area contributed by atoms with Gasteiger partial charge in [0, 0.05) is 19.2 Å². The van der Waals surface area contributed by atoms with Crippen molar-refractivity contribution in [2.24, 2.45) is 5.92 Å². The highest BCUT2D eigenvalue weighted by atomic mass is 16.5. The second-order valence-corrected chi connectivity index (χ2v) is 4.79. The lowest BCUT2D eigenvalue weighted by Crippen LogP contribution is -2.42. The van der Waals surface area contributed by atoms with E-state index in [9.17, 15) is 0 Å². The molecule has 88 valence electrons. The molecule has 2 saturated heterocycles. The minimum absolute atomic E-state index is 0.792. The lowest BCUT2D eigenvalue weighted by atomic mass is 10.1. The van der Waals surface area contributed by atoms with Gasteiger partial charge in [0.15, 0.2) is 0 Å². The molecule has 0 aromatic carbocycles. The molecule has 2 aliphatic heterocycles. The van der Waals surface area contributed by atoms with Crippen molar-refractivity contribution in [3.63, 3.8) is 0 Å². The van der Waals surface area contributed by atoms with Crippen molar-refractivity contribution in [2.75, 3.05) is 39.4 Å². The molecule has 15 heavy (non-hydrogen) atoms. The minimum atomic E-state index is 0.792. The Labute approximate surface area is 93.2 Å². The molecule has 2 aliphatic rings. The number of likely N-dealkylation sites (tertiary alicyclic amines) is 1. The Morgan fingerprint density at radius 2 is 2.07 bits per heavy atom. The summed E-state index contributed by atoms with van der Waals surface area (Å²) in [6, 6.07) is 0.845. The average Bonchev–Trinajstić information content (AvgIpc) is 2.76. The molecule has 1 atom stereocenters. The molecule has 2 fully saturated rings. The minimum Gasteiger partial charge on any atom is -0.381 e. The summed E-state index contributed by atoms with van der Waals surface area (Å²) in [6.45, 7) is 8.89. The van der Waals surface area contributed by atoms with Crippen LogP contribution in [0.15, 0.2) is 0 Å². The van der Waals surface area contributed by atoms with Crippen LogP contribution in [0.5, 0.6) is 0 Å². The fourth-order valence-electron chi connectivity index (χ4n) is 2.79. The number of piperidine rings is 1. The summed E-state index contributed by atoms with van der Waals surface area (Å²) in [5, 5.41) is 3.43. The van der Waals surface area contributed by atoms with Crippen LogP contribution >= 0.6 is 0 Å². The quantitative estimate of drug-likeness (QED) is 0.755. The third-order valence-corrected chi connectivity index (χ3v) is 3.70. The van der Waals surface area contributed by atoms with E-state index in [-0.39, 0.29) is 0 Å². The van der Waals surface area contributed by atoms with Crippen LogP contribution in [-0.2, 0) is 4.74 Å². The van der Waals surface area contributed by atoms with Crippen molar-refractivity contribution in [3.8, 4) is 0 Å². The standard InChI is InChI=1S/C12H24N2O/c1-2-15-10-11-5-8-14(9-11)12-3-6-13-7-4-12/h11-13H,2-10H2,1H3/t11-/m1/s1. The predicted molar refractivity (Wildman–Crippen MR) is 62.1 cm³/mol. The zero-order valence-electron chi connectivity index (χ0n) is 9.87. The van der Waals surface area contributed by atoms with E-state index < -0.39 is 0 Å². The highest BCUT2D eigenvalue weighted by molar-refractivity contribution is 4.84. The maximum atomic E-state index is 5.51. The Morgan fingerprint density at radius 3 is 2.80 bits per heavy atom. The molecule has 0 radical (unpaired) electrons. The monoisotopic (exact) mass is 212 g/mol. The van der Waals surface area contributed by atoms with Crippen molar-refractivity contribution in [3.05, 3.63) is 0 Å². The third kappa shape index (κ3) is 3.16. The lowest BCUT2D eigenvalue weighted by Gasteiger charge is -2.31. The van der Waals surface area contributed by atoms with Gasteiger partial charge in [-0.05, 0) is 51.7 Å². The normalized spacial score (nSPS) is 29.8. The first-order chi connectivity index (χ1) is 7.40. The summed E-state index contributed by atoms with van der Waals surface area (Å²) < 4.78 is 5.51. The zero-order chi connectivity index (χ0) is 10.5. The number of nitrogens with one attached hydrogen (secondary N) is 1. The first kappa shape index (κ1) is 11.4. The van der Waals surface area contributed by atoms with E-state index in [1.807, 2.05) is 0 Å². The molecule has 3 heteroatoms. The molecule has 0 aromatic heterocycles. The van der Waals surface area contributed by atoms with Gasteiger partial charge < -0.3 is 10.1 Å². The van der Waals surface area contributed by atoms with Crippen LogP contribution in [-0.4, -0.2) is 50.3 Å². The van der Waals surface area contributed by atoms with Crippen molar-refractivity contribution in [1.82, 2.24) is 10.2 Å². The van der Waals surface area contributed by atoms with Gasteiger partial charge in [-0.1, -0.05) is 0 Å². The Morgan fingerprint density at radius 1 is 1.27 bits per heavy atom. The highest BCUT2D eigenvalue weighted by Gasteiger charge is 2.28. The number of ether oxygens (including phenoxy) is 1. The van der Waals surface area contributed by atoms with Gasteiger partial charge in [-0.15, -0.1) is 0 Å². The molecule has 0 aliphatic carbocycles. The smallest absolute Gasteiger partial charge is 0.0506 e. The van der Waals surface area contributed by atoms with Gasteiger partial charge in [0.2, 0.25) is 0 Å². The van der Waals surface area contributed by atoms with Crippen molar-refractivity contribution in [1.29, 1.82) is 0 Å². The lowest BCUT2D eigenvalue weighted by molar-refractivity contribution is 0.106. The molecule has 0 spiro atoms. The van der Waals surface area contributed by atoms with Gasteiger partial charge in [0.05, 0.1) is 6.61 Å².